The lowest BCUT2D eigenvalue weighted by Crippen LogP contribution is -2.13. The molecule has 3 N–H and O–H groups in total. The molecule has 0 unspecified atom stereocenters. The van der Waals surface area contributed by atoms with Crippen LogP contribution < -0.4 is 15.8 Å². The summed E-state index contributed by atoms with van der Waals surface area (Å²) >= 11 is 0. The molecule has 0 aliphatic carbocycles. The van der Waals surface area contributed by atoms with Gasteiger partial charge in [0.05, 0.1) is 0 Å². The number of anilines is 1. The van der Waals surface area contributed by atoms with Crippen LogP contribution in [0.5, 0.6) is 5.75 Å². The van der Waals surface area contributed by atoms with Gasteiger partial charge in [0.15, 0.2) is 0 Å². The van der Waals surface area contributed by atoms with Crippen LogP contribution in [0.15, 0.2) is 54.6 Å². The first-order valence-corrected chi connectivity index (χ1v) is 8.55. The normalized spacial score (nSPS) is 9.96. The number of benzene rings is 2. The largest absolute Gasteiger partial charge is 0.489 e. The van der Waals surface area contributed by atoms with E-state index in [0.717, 1.165) is 49.2 Å². The summed E-state index contributed by atoms with van der Waals surface area (Å²) in [7, 11) is 0. The highest BCUT2D eigenvalue weighted by atomic mass is 35.5. The highest BCUT2D eigenvalue weighted by Gasteiger charge is 2.07. The third-order valence-electron chi connectivity index (χ3n) is 3.79. The minimum Gasteiger partial charge on any atom is -0.489 e. The van der Waals surface area contributed by atoms with E-state index in [1.807, 2.05) is 54.6 Å². The number of unbranched alkanes of at least 4 members (excludes halogenated alkanes) is 3. The summed E-state index contributed by atoms with van der Waals surface area (Å²) in [4.78, 5) is 12.1. The summed E-state index contributed by atoms with van der Waals surface area (Å²) in [5.74, 6) is 0.869. The topological polar surface area (TPSA) is 64.4 Å². The number of amides is 1. The molecule has 0 fully saturated rings. The van der Waals surface area contributed by atoms with Gasteiger partial charge in [0.25, 0.3) is 0 Å². The van der Waals surface area contributed by atoms with Gasteiger partial charge >= 0.3 is 0 Å². The van der Waals surface area contributed by atoms with E-state index in [1.165, 1.54) is 0 Å². The molecule has 2 aromatic rings. The molecule has 0 heterocycles. The van der Waals surface area contributed by atoms with Crippen LogP contribution in [0.2, 0.25) is 0 Å². The number of nitrogens with two attached hydrogens (primary N) is 1. The number of nitrogens with one attached hydrogen (secondary N) is 1. The molecule has 0 atom stereocenters. The monoisotopic (exact) mass is 362 g/mol. The summed E-state index contributed by atoms with van der Waals surface area (Å²) in [5.41, 5.74) is 7.26. The maximum absolute atomic E-state index is 12.1. The van der Waals surface area contributed by atoms with E-state index in [4.69, 9.17) is 10.5 Å². The van der Waals surface area contributed by atoms with E-state index < -0.39 is 0 Å². The predicted octanol–water partition coefficient (Wildman–Crippen LogP) is 4.54. The molecule has 0 spiro atoms. The van der Waals surface area contributed by atoms with E-state index in [0.29, 0.717) is 13.0 Å². The smallest absolute Gasteiger partial charge is 0.224 e. The maximum Gasteiger partial charge on any atom is 0.224 e. The fourth-order valence-corrected chi connectivity index (χ4v) is 2.44. The number of carbonyl (C=O) groups excluding carboxylic acids is 1. The first-order chi connectivity index (χ1) is 11.8. The number of carbonyl (C=O) groups is 1. The third-order valence-corrected chi connectivity index (χ3v) is 3.79. The molecular weight excluding hydrogens is 336 g/mol. The van der Waals surface area contributed by atoms with Gasteiger partial charge in [-0.1, -0.05) is 49.2 Å². The molecule has 0 radical (unpaired) electrons. The molecule has 0 aliphatic heterocycles. The minimum absolute atomic E-state index is 0. The van der Waals surface area contributed by atoms with E-state index in [2.05, 4.69) is 5.32 Å². The number of para-hydroxylation sites is 2. The Balaban J connectivity index is 0.00000312. The summed E-state index contributed by atoms with van der Waals surface area (Å²) in [6.07, 6.45) is 4.60. The summed E-state index contributed by atoms with van der Waals surface area (Å²) in [6.45, 7) is 1.15. The second-order valence-corrected chi connectivity index (χ2v) is 5.76. The van der Waals surface area contributed by atoms with Gasteiger partial charge in [-0.3, -0.25) is 4.79 Å². The Morgan fingerprint density at radius 1 is 0.920 bits per heavy atom. The van der Waals surface area contributed by atoms with Crippen LogP contribution in [0.1, 0.15) is 37.7 Å². The van der Waals surface area contributed by atoms with Gasteiger partial charge in [0, 0.05) is 17.7 Å². The molecule has 1 amide bonds. The summed E-state index contributed by atoms with van der Waals surface area (Å²) in [5, 5.41) is 2.99. The number of ether oxygens (including phenoxy) is 1. The second kappa shape index (κ2) is 12.3. The standard InChI is InChI=1S/C20H26N2O2.ClH/c21-15-9-2-1-6-14-20(23)22-19-13-8-7-10-17(19)16-24-18-11-4-3-5-12-18;/h3-5,7-8,10-13H,1-2,6,9,14-16,21H2,(H,22,23);1H. The Kier molecular flexibility index (Phi) is 10.4. The molecule has 0 aliphatic rings. The molecular formula is C20H27ClN2O2. The van der Waals surface area contributed by atoms with E-state index in [-0.39, 0.29) is 18.3 Å². The average Bonchev–Trinajstić information content (AvgIpc) is 2.62. The van der Waals surface area contributed by atoms with Crippen LogP contribution in [0.25, 0.3) is 0 Å². The quantitative estimate of drug-likeness (QED) is 0.610. The van der Waals surface area contributed by atoms with Crippen molar-refractivity contribution >= 4 is 24.0 Å². The lowest BCUT2D eigenvalue weighted by Gasteiger charge is -2.12. The summed E-state index contributed by atoms with van der Waals surface area (Å²) in [6, 6.07) is 17.4. The number of hydrogen-bond acceptors (Lipinski definition) is 3. The predicted molar refractivity (Wildman–Crippen MR) is 105 cm³/mol. The van der Waals surface area contributed by atoms with Gasteiger partial charge in [-0.15, -0.1) is 12.4 Å². The van der Waals surface area contributed by atoms with Gasteiger partial charge in [-0.2, -0.15) is 0 Å². The molecule has 136 valence electrons. The van der Waals surface area contributed by atoms with E-state index in [1.54, 1.807) is 0 Å². The maximum atomic E-state index is 12.1. The Labute approximate surface area is 156 Å². The molecule has 5 heteroatoms. The van der Waals surface area contributed by atoms with Crippen molar-refractivity contribution in [2.75, 3.05) is 11.9 Å². The Hall–Kier alpha value is -2.04. The Bertz CT molecular complexity index is 620. The molecule has 4 nitrogen and oxygen atoms in total. The number of halogens is 1. The van der Waals surface area contributed by atoms with Crippen molar-refractivity contribution in [1.82, 2.24) is 0 Å². The van der Waals surface area contributed by atoms with Crippen molar-refractivity contribution in [3.05, 3.63) is 60.2 Å². The number of hydrogen-bond donors (Lipinski definition) is 2. The Morgan fingerprint density at radius 3 is 2.36 bits per heavy atom. The molecule has 0 bridgehead atoms. The molecule has 0 saturated heterocycles. The number of rotatable bonds is 10. The minimum atomic E-state index is 0. The first-order valence-electron chi connectivity index (χ1n) is 8.55. The van der Waals surface area contributed by atoms with Crippen LogP contribution in [0.3, 0.4) is 0 Å². The van der Waals surface area contributed by atoms with Gasteiger partial charge in [0.2, 0.25) is 5.91 Å². The van der Waals surface area contributed by atoms with E-state index >= 15 is 0 Å². The molecule has 2 rings (SSSR count). The van der Waals surface area contributed by atoms with Crippen molar-refractivity contribution in [2.45, 2.75) is 38.7 Å². The van der Waals surface area contributed by atoms with Gasteiger partial charge in [-0.25, -0.2) is 0 Å². The van der Waals surface area contributed by atoms with Crippen LogP contribution in [-0.2, 0) is 11.4 Å². The van der Waals surface area contributed by atoms with Gasteiger partial charge in [0.1, 0.15) is 12.4 Å². The van der Waals surface area contributed by atoms with Crippen LogP contribution in [0.4, 0.5) is 5.69 Å². The Morgan fingerprint density at radius 2 is 1.60 bits per heavy atom. The zero-order valence-electron chi connectivity index (χ0n) is 14.4. The fourth-order valence-electron chi connectivity index (χ4n) is 2.44. The zero-order valence-corrected chi connectivity index (χ0v) is 15.3. The second-order valence-electron chi connectivity index (χ2n) is 5.76. The van der Waals surface area contributed by atoms with E-state index in [9.17, 15) is 4.79 Å². The van der Waals surface area contributed by atoms with Gasteiger partial charge < -0.3 is 15.8 Å². The first kappa shape index (κ1) is 21.0. The highest BCUT2D eigenvalue weighted by Crippen LogP contribution is 2.19. The molecule has 25 heavy (non-hydrogen) atoms. The lowest BCUT2D eigenvalue weighted by molar-refractivity contribution is -0.116. The van der Waals surface area contributed by atoms with Crippen molar-refractivity contribution in [3.63, 3.8) is 0 Å². The van der Waals surface area contributed by atoms with Crippen molar-refractivity contribution in [1.29, 1.82) is 0 Å². The SMILES string of the molecule is Cl.NCCCCCCC(=O)Nc1ccccc1COc1ccccc1. The lowest BCUT2D eigenvalue weighted by atomic mass is 10.1. The van der Waals surface area contributed by atoms with Crippen molar-refractivity contribution in [2.24, 2.45) is 5.73 Å². The average molecular weight is 363 g/mol. The zero-order chi connectivity index (χ0) is 17.0. The van der Waals surface area contributed by atoms with Crippen molar-refractivity contribution < 1.29 is 9.53 Å². The highest BCUT2D eigenvalue weighted by molar-refractivity contribution is 5.91. The van der Waals surface area contributed by atoms with Crippen LogP contribution in [-0.4, -0.2) is 12.5 Å². The third kappa shape index (κ3) is 8.05. The van der Waals surface area contributed by atoms with Crippen molar-refractivity contribution in [3.8, 4) is 5.75 Å². The van der Waals surface area contributed by atoms with Gasteiger partial charge in [-0.05, 0) is 37.6 Å². The summed E-state index contributed by atoms with van der Waals surface area (Å²) < 4.78 is 5.78. The molecule has 0 aromatic heterocycles. The fraction of sp³-hybridized carbons (Fsp3) is 0.350. The van der Waals surface area contributed by atoms with Crippen LogP contribution in [0, 0.1) is 0 Å². The molecule has 0 saturated carbocycles. The van der Waals surface area contributed by atoms with Crippen LogP contribution >= 0.6 is 12.4 Å². The molecule has 2 aromatic carbocycles.